The molecule has 182 valence electrons. The molecule has 1 aromatic heterocycles. The van der Waals surface area contributed by atoms with E-state index < -0.39 is 23.5 Å². The van der Waals surface area contributed by atoms with Gasteiger partial charge in [-0.3, -0.25) is 14.4 Å². The van der Waals surface area contributed by atoms with Crippen molar-refractivity contribution in [3.05, 3.63) is 76.6 Å². The van der Waals surface area contributed by atoms with Crippen molar-refractivity contribution in [1.29, 1.82) is 0 Å². The SMILES string of the molecule is CN1CCC(CN(C(=O)c2[nH]cnc2C(N)=O)c2ccc(NC(=O)c3ccc(F)cc3Cl)cc2)C1. The molecule has 0 saturated carbocycles. The molecular weight excluding hydrogens is 475 g/mol. The number of carbonyl (C=O) groups is 3. The van der Waals surface area contributed by atoms with E-state index in [2.05, 4.69) is 20.2 Å². The van der Waals surface area contributed by atoms with Crippen molar-refractivity contribution in [3.63, 3.8) is 0 Å². The van der Waals surface area contributed by atoms with Crippen LogP contribution in [0.5, 0.6) is 0 Å². The van der Waals surface area contributed by atoms with E-state index in [1.54, 1.807) is 29.2 Å². The number of aromatic nitrogens is 2. The Morgan fingerprint density at radius 3 is 2.63 bits per heavy atom. The summed E-state index contributed by atoms with van der Waals surface area (Å²) in [6, 6.07) is 10.2. The van der Waals surface area contributed by atoms with E-state index in [0.717, 1.165) is 31.6 Å². The van der Waals surface area contributed by atoms with Crippen molar-refractivity contribution in [1.82, 2.24) is 14.9 Å². The Bertz CT molecular complexity index is 1260. The first kappa shape index (κ1) is 24.4. The Labute approximate surface area is 206 Å². The molecular formula is C24H24ClFN6O3. The van der Waals surface area contributed by atoms with Crippen LogP contribution in [0.2, 0.25) is 5.02 Å². The number of benzene rings is 2. The Morgan fingerprint density at radius 1 is 1.26 bits per heavy atom. The molecule has 2 heterocycles. The lowest BCUT2D eigenvalue weighted by atomic mass is 10.1. The van der Waals surface area contributed by atoms with Crippen molar-refractivity contribution in [2.24, 2.45) is 11.7 Å². The molecule has 1 atom stereocenters. The monoisotopic (exact) mass is 498 g/mol. The van der Waals surface area contributed by atoms with Crippen molar-refractivity contribution in [2.45, 2.75) is 6.42 Å². The number of hydrogen-bond donors (Lipinski definition) is 3. The van der Waals surface area contributed by atoms with Crippen LogP contribution in [0.15, 0.2) is 48.8 Å². The van der Waals surface area contributed by atoms with E-state index in [9.17, 15) is 18.8 Å². The summed E-state index contributed by atoms with van der Waals surface area (Å²) in [6.07, 6.45) is 2.19. The number of primary amides is 1. The number of anilines is 2. The quantitative estimate of drug-likeness (QED) is 0.461. The molecule has 3 aromatic rings. The molecule has 0 radical (unpaired) electrons. The maximum absolute atomic E-state index is 13.4. The fraction of sp³-hybridized carbons (Fsp3) is 0.250. The highest BCUT2D eigenvalue weighted by Gasteiger charge is 2.29. The Kier molecular flexibility index (Phi) is 7.13. The molecule has 3 amide bonds. The number of halogens is 2. The second-order valence-corrected chi connectivity index (χ2v) is 8.86. The van der Waals surface area contributed by atoms with Crippen LogP contribution < -0.4 is 16.0 Å². The first-order valence-electron chi connectivity index (χ1n) is 10.9. The first-order chi connectivity index (χ1) is 16.7. The van der Waals surface area contributed by atoms with E-state index in [4.69, 9.17) is 17.3 Å². The highest BCUT2D eigenvalue weighted by atomic mass is 35.5. The number of nitrogens with two attached hydrogens (primary N) is 1. The van der Waals surface area contributed by atoms with Crippen molar-refractivity contribution < 1.29 is 18.8 Å². The zero-order valence-electron chi connectivity index (χ0n) is 18.9. The summed E-state index contributed by atoms with van der Waals surface area (Å²) < 4.78 is 13.3. The van der Waals surface area contributed by atoms with Gasteiger partial charge in [0.05, 0.1) is 16.9 Å². The lowest BCUT2D eigenvalue weighted by Gasteiger charge is -2.26. The first-order valence-corrected chi connectivity index (χ1v) is 11.3. The predicted octanol–water partition coefficient (Wildman–Crippen LogP) is 3.15. The second-order valence-electron chi connectivity index (χ2n) is 8.45. The number of nitrogens with zero attached hydrogens (tertiary/aromatic N) is 3. The van der Waals surface area contributed by atoms with Gasteiger partial charge in [0, 0.05) is 24.5 Å². The van der Waals surface area contributed by atoms with Gasteiger partial charge >= 0.3 is 0 Å². The summed E-state index contributed by atoms with van der Waals surface area (Å²) in [6.45, 7) is 2.19. The summed E-state index contributed by atoms with van der Waals surface area (Å²) >= 11 is 5.98. The van der Waals surface area contributed by atoms with Gasteiger partial charge in [-0.25, -0.2) is 9.37 Å². The van der Waals surface area contributed by atoms with Gasteiger partial charge in [0.15, 0.2) is 5.69 Å². The fourth-order valence-electron chi connectivity index (χ4n) is 4.11. The number of rotatable bonds is 7. The molecule has 9 nitrogen and oxygen atoms in total. The molecule has 1 aliphatic heterocycles. The van der Waals surface area contributed by atoms with Crippen LogP contribution in [0.25, 0.3) is 0 Å². The molecule has 1 fully saturated rings. The van der Waals surface area contributed by atoms with Gasteiger partial charge in [0.1, 0.15) is 11.5 Å². The minimum absolute atomic E-state index is 0.00207. The van der Waals surface area contributed by atoms with Gasteiger partial charge in [0.25, 0.3) is 17.7 Å². The summed E-state index contributed by atoms with van der Waals surface area (Å²) in [5.74, 6) is -2.02. The summed E-state index contributed by atoms with van der Waals surface area (Å²) in [5.41, 5.74) is 6.46. The van der Waals surface area contributed by atoms with Gasteiger partial charge in [0.2, 0.25) is 0 Å². The van der Waals surface area contributed by atoms with Gasteiger partial charge < -0.3 is 25.8 Å². The van der Waals surface area contributed by atoms with E-state index in [1.807, 2.05) is 7.05 Å². The van der Waals surface area contributed by atoms with Crippen LogP contribution in [0.3, 0.4) is 0 Å². The number of carbonyl (C=O) groups excluding carboxylic acids is 3. The Balaban J connectivity index is 1.57. The fourth-order valence-corrected chi connectivity index (χ4v) is 4.37. The van der Waals surface area contributed by atoms with Gasteiger partial charge in [-0.2, -0.15) is 0 Å². The van der Waals surface area contributed by atoms with Crippen LogP contribution >= 0.6 is 11.6 Å². The van der Waals surface area contributed by atoms with Gasteiger partial charge in [-0.05, 0) is 68.4 Å². The molecule has 1 aliphatic rings. The van der Waals surface area contributed by atoms with E-state index in [1.165, 1.54) is 12.4 Å². The number of nitrogens with one attached hydrogen (secondary N) is 2. The van der Waals surface area contributed by atoms with Gasteiger partial charge in [-0.1, -0.05) is 11.6 Å². The summed E-state index contributed by atoms with van der Waals surface area (Å²) in [7, 11) is 2.02. The minimum Gasteiger partial charge on any atom is -0.364 e. The number of hydrogen-bond acceptors (Lipinski definition) is 5. The third-order valence-electron chi connectivity index (χ3n) is 5.87. The minimum atomic E-state index is -0.798. The highest BCUT2D eigenvalue weighted by molar-refractivity contribution is 6.34. The number of amides is 3. The standard InChI is InChI=1S/C24H24ClFN6O3/c1-31-9-8-14(11-31)12-32(24(35)21-20(22(27)33)28-13-29-21)17-5-3-16(4-6-17)30-23(34)18-7-2-15(26)10-19(18)25/h2-7,10,13-14H,8-9,11-12H2,1H3,(H2,27,33)(H,28,29)(H,30,34). The Hall–Kier alpha value is -3.76. The van der Waals surface area contributed by atoms with Crippen LogP contribution in [0, 0.1) is 11.7 Å². The maximum Gasteiger partial charge on any atom is 0.277 e. The van der Waals surface area contributed by atoms with E-state index in [0.29, 0.717) is 17.9 Å². The third kappa shape index (κ3) is 5.50. The molecule has 4 rings (SSSR count). The average Bonchev–Trinajstić information content (AvgIpc) is 3.47. The molecule has 1 unspecified atom stereocenters. The number of H-pyrrole nitrogens is 1. The van der Waals surface area contributed by atoms with E-state index in [-0.39, 0.29) is 27.9 Å². The van der Waals surface area contributed by atoms with Crippen molar-refractivity contribution in [3.8, 4) is 0 Å². The number of aromatic amines is 1. The lowest BCUT2D eigenvalue weighted by Crippen LogP contribution is -2.37. The average molecular weight is 499 g/mol. The van der Waals surface area contributed by atoms with Crippen LogP contribution in [0.1, 0.15) is 37.8 Å². The predicted molar refractivity (Wildman–Crippen MR) is 130 cm³/mol. The highest BCUT2D eigenvalue weighted by Crippen LogP contribution is 2.25. The van der Waals surface area contributed by atoms with Crippen molar-refractivity contribution >= 4 is 40.7 Å². The Morgan fingerprint density at radius 2 is 2.00 bits per heavy atom. The van der Waals surface area contributed by atoms with E-state index >= 15 is 0 Å². The second kappa shape index (κ2) is 10.2. The lowest BCUT2D eigenvalue weighted by molar-refractivity contribution is 0.0952. The molecule has 11 heteroatoms. The maximum atomic E-state index is 13.4. The topological polar surface area (TPSA) is 124 Å². The molecule has 1 saturated heterocycles. The number of imidazole rings is 1. The summed E-state index contributed by atoms with van der Waals surface area (Å²) in [4.78, 5) is 48.1. The zero-order valence-corrected chi connectivity index (χ0v) is 19.7. The molecule has 2 aromatic carbocycles. The zero-order chi connectivity index (χ0) is 25.1. The molecule has 0 spiro atoms. The summed E-state index contributed by atoms with van der Waals surface area (Å²) in [5, 5.41) is 2.71. The number of likely N-dealkylation sites (tertiary alicyclic amines) is 1. The molecule has 35 heavy (non-hydrogen) atoms. The molecule has 0 aliphatic carbocycles. The van der Waals surface area contributed by atoms with Crippen LogP contribution in [-0.4, -0.2) is 59.3 Å². The largest absolute Gasteiger partial charge is 0.364 e. The smallest absolute Gasteiger partial charge is 0.277 e. The normalized spacial score (nSPS) is 15.7. The molecule has 0 bridgehead atoms. The molecule has 4 N–H and O–H groups in total. The van der Waals surface area contributed by atoms with Crippen molar-refractivity contribution in [2.75, 3.05) is 36.9 Å². The van der Waals surface area contributed by atoms with Crippen LogP contribution in [-0.2, 0) is 0 Å². The van der Waals surface area contributed by atoms with Crippen LogP contribution in [0.4, 0.5) is 15.8 Å². The third-order valence-corrected chi connectivity index (χ3v) is 6.19. The van der Waals surface area contributed by atoms with Gasteiger partial charge in [-0.15, -0.1) is 0 Å².